The molecular formula is C9H23ClN2O2S. The van der Waals surface area contributed by atoms with Gasteiger partial charge in [0.05, 0.1) is 5.75 Å². The number of hydrogen-bond acceptors (Lipinski definition) is 3. The second kappa shape index (κ2) is 9.39. The van der Waals surface area contributed by atoms with Crippen LogP contribution in [0.25, 0.3) is 0 Å². The third kappa shape index (κ3) is 12.1. The van der Waals surface area contributed by atoms with Crippen molar-refractivity contribution in [3.8, 4) is 0 Å². The fourth-order valence-corrected chi connectivity index (χ4v) is 2.34. The van der Waals surface area contributed by atoms with Gasteiger partial charge in [-0.15, -0.1) is 12.4 Å². The predicted molar refractivity (Wildman–Crippen MR) is 67.0 cm³/mol. The summed E-state index contributed by atoms with van der Waals surface area (Å²) in [5, 5.41) is 2.97. The topological polar surface area (TPSA) is 58.2 Å². The van der Waals surface area contributed by atoms with Crippen LogP contribution in [0.15, 0.2) is 0 Å². The molecular weight excluding hydrogens is 236 g/mol. The summed E-state index contributed by atoms with van der Waals surface area (Å²) in [5.41, 5.74) is 0. The summed E-state index contributed by atoms with van der Waals surface area (Å²) in [5.74, 6) is 0.674. The first-order valence-electron chi connectivity index (χ1n) is 5.10. The quantitative estimate of drug-likeness (QED) is 0.639. The zero-order chi connectivity index (χ0) is 11.0. The molecule has 0 aromatic carbocycles. The lowest BCUT2D eigenvalue weighted by molar-refractivity contribution is 0.559. The van der Waals surface area contributed by atoms with Crippen molar-refractivity contribution in [1.29, 1.82) is 0 Å². The van der Waals surface area contributed by atoms with Crippen LogP contribution in [0.4, 0.5) is 0 Å². The average Bonchev–Trinajstić information content (AvgIpc) is 2.10. The Kier molecular flexibility index (Phi) is 11.0. The molecule has 0 amide bonds. The molecule has 15 heavy (non-hydrogen) atoms. The molecule has 0 heterocycles. The summed E-state index contributed by atoms with van der Waals surface area (Å²) in [6.45, 7) is 5.42. The van der Waals surface area contributed by atoms with Crippen LogP contribution in [0.2, 0.25) is 0 Å². The molecule has 94 valence electrons. The highest BCUT2D eigenvalue weighted by Crippen LogP contribution is 2.01. The SMILES string of the molecule is CNCCCNS(=O)(=O)CCC(C)C.Cl. The van der Waals surface area contributed by atoms with E-state index in [1.807, 2.05) is 20.9 Å². The van der Waals surface area contributed by atoms with Crippen molar-refractivity contribution in [1.82, 2.24) is 10.0 Å². The Hall–Kier alpha value is 0.160. The minimum absolute atomic E-state index is 0. The van der Waals surface area contributed by atoms with E-state index in [9.17, 15) is 8.42 Å². The van der Waals surface area contributed by atoms with Gasteiger partial charge >= 0.3 is 0 Å². The molecule has 0 unspecified atom stereocenters. The molecule has 0 rings (SSSR count). The van der Waals surface area contributed by atoms with Crippen LogP contribution in [0, 0.1) is 5.92 Å². The summed E-state index contributed by atoms with van der Waals surface area (Å²) in [6.07, 6.45) is 1.55. The second-order valence-electron chi connectivity index (χ2n) is 3.85. The van der Waals surface area contributed by atoms with Gasteiger partial charge in [-0.05, 0) is 32.4 Å². The Morgan fingerprint density at radius 2 is 1.80 bits per heavy atom. The molecule has 0 aliphatic carbocycles. The van der Waals surface area contributed by atoms with Crippen LogP contribution in [-0.4, -0.2) is 34.3 Å². The normalized spacial score (nSPS) is 11.5. The molecule has 0 bridgehead atoms. The Bertz CT molecular complexity index is 230. The molecule has 0 aliphatic heterocycles. The highest BCUT2D eigenvalue weighted by atomic mass is 35.5. The summed E-state index contributed by atoms with van der Waals surface area (Å²) in [7, 11) is -1.18. The summed E-state index contributed by atoms with van der Waals surface area (Å²) >= 11 is 0. The Balaban J connectivity index is 0. The monoisotopic (exact) mass is 258 g/mol. The average molecular weight is 259 g/mol. The van der Waals surface area contributed by atoms with Gasteiger partial charge < -0.3 is 5.32 Å². The van der Waals surface area contributed by atoms with E-state index in [2.05, 4.69) is 10.0 Å². The minimum atomic E-state index is -3.03. The molecule has 0 aliphatic rings. The first kappa shape index (κ1) is 17.6. The van der Waals surface area contributed by atoms with Gasteiger partial charge in [-0.3, -0.25) is 0 Å². The Morgan fingerprint density at radius 1 is 1.20 bits per heavy atom. The molecule has 0 saturated heterocycles. The van der Waals surface area contributed by atoms with E-state index < -0.39 is 10.0 Å². The van der Waals surface area contributed by atoms with Crippen molar-refractivity contribution < 1.29 is 8.42 Å². The van der Waals surface area contributed by atoms with Gasteiger partial charge in [0.2, 0.25) is 10.0 Å². The van der Waals surface area contributed by atoms with Crippen LogP contribution in [0.3, 0.4) is 0 Å². The van der Waals surface area contributed by atoms with E-state index in [1.54, 1.807) is 0 Å². The van der Waals surface area contributed by atoms with Crippen molar-refractivity contribution >= 4 is 22.4 Å². The molecule has 4 nitrogen and oxygen atoms in total. The lowest BCUT2D eigenvalue weighted by Crippen LogP contribution is -2.29. The maximum absolute atomic E-state index is 11.4. The number of sulfonamides is 1. The third-order valence-corrected chi connectivity index (χ3v) is 3.31. The summed E-state index contributed by atoms with van der Waals surface area (Å²) in [6, 6.07) is 0. The first-order chi connectivity index (χ1) is 6.48. The van der Waals surface area contributed by atoms with Gasteiger partial charge in [0.25, 0.3) is 0 Å². The molecule has 2 N–H and O–H groups in total. The Labute approximate surface area is 99.7 Å². The largest absolute Gasteiger partial charge is 0.320 e. The minimum Gasteiger partial charge on any atom is -0.320 e. The molecule has 0 radical (unpaired) electrons. The molecule has 0 spiro atoms. The van der Waals surface area contributed by atoms with Gasteiger partial charge in [-0.1, -0.05) is 13.8 Å². The van der Waals surface area contributed by atoms with Crippen molar-refractivity contribution in [3.63, 3.8) is 0 Å². The highest BCUT2D eigenvalue weighted by Gasteiger charge is 2.09. The van der Waals surface area contributed by atoms with Crippen LogP contribution >= 0.6 is 12.4 Å². The van der Waals surface area contributed by atoms with E-state index in [-0.39, 0.29) is 18.2 Å². The van der Waals surface area contributed by atoms with Gasteiger partial charge in [0.15, 0.2) is 0 Å². The second-order valence-corrected chi connectivity index (χ2v) is 5.78. The Morgan fingerprint density at radius 3 is 2.27 bits per heavy atom. The summed E-state index contributed by atoms with van der Waals surface area (Å²) in [4.78, 5) is 0. The van der Waals surface area contributed by atoms with E-state index in [1.165, 1.54) is 0 Å². The van der Waals surface area contributed by atoms with E-state index in [0.29, 0.717) is 12.5 Å². The van der Waals surface area contributed by atoms with E-state index in [0.717, 1.165) is 19.4 Å². The number of nitrogens with one attached hydrogen (secondary N) is 2. The van der Waals surface area contributed by atoms with Crippen LogP contribution in [0.1, 0.15) is 26.7 Å². The van der Waals surface area contributed by atoms with Crippen molar-refractivity contribution in [2.24, 2.45) is 5.92 Å². The number of halogens is 1. The lowest BCUT2D eigenvalue weighted by Gasteiger charge is -2.07. The number of rotatable bonds is 8. The van der Waals surface area contributed by atoms with Crippen molar-refractivity contribution in [2.75, 3.05) is 25.9 Å². The van der Waals surface area contributed by atoms with Gasteiger partial charge in [-0.2, -0.15) is 0 Å². The maximum atomic E-state index is 11.4. The zero-order valence-electron chi connectivity index (χ0n) is 9.75. The molecule has 6 heteroatoms. The van der Waals surface area contributed by atoms with E-state index >= 15 is 0 Å². The lowest BCUT2D eigenvalue weighted by atomic mass is 10.2. The molecule has 0 aromatic rings. The first-order valence-corrected chi connectivity index (χ1v) is 6.75. The van der Waals surface area contributed by atoms with Gasteiger partial charge in [0.1, 0.15) is 0 Å². The fourth-order valence-electron chi connectivity index (χ4n) is 0.956. The molecule has 0 atom stereocenters. The molecule has 0 saturated carbocycles. The van der Waals surface area contributed by atoms with Crippen molar-refractivity contribution in [2.45, 2.75) is 26.7 Å². The zero-order valence-corrected chi connectivity index (χ0v) is 11.4. The van der Waals surface area contributed by atoms with Crippen LogP contribution in [0.5, 0.6) is 0 Å². The summed E-state index contributed by atoms with van der Waals surface area (Å²) < 4.78 is 25.3. The number of hydrogen-bond donors (Lipinski definition) is 2. The highest BCUT2D eigenvalue weighted by molar-refractivity contribution is 7.89. The fraction of sp³-hybridized carbons (Fsp3) is 1.00. The standard InChI is InChI=1S/C9H22N2O2S.ClH/c1-9(2)5-8-14(12,13)11-7-4-6-10-3;/h9-11H,4-8H2,1-3H3;1H. The van der Waals surface area contributed by atoms with Crippen molar-refractivity contribution in [3.05, 3.63) is 0 Å². The van der Waals surface area contributed by atoms with Crippen LogP contribution in [-0.2, 0) is 10.0 Å². The van der Waals surface area contributed by atoms with Crippen LogP contribution < -0.4 is 10.0 Å². The third-order valence-electron chi connectivity index (χ3n) is 1.89. The smallest absolute Gasteiger partial charge is 0.211 e. The maximum Gasteiger partial charge on any atom is 0.211 e. The predicted octanol–water partition coefficient (Wildman–Crippen LogP) is 0.983. The van der Waals surface area contributed by atoms with E-state index in [4.69, 9.17) is 0 Å². The van der Waals surface area contributed by atoms with Gasteiger partial charge in [-0.25, -0.2) is 13.1 Å². The van der Waals surface area contributed by atoms with Gasteiger partial charge in [0, 0.05) is 6.54 Å². The molecule has 0 fully saturated rings. The molecule has 0 aromatic heterocycles.